The maximum Gasteiger partial charge on any atom is 0.355 e. The van der Waals surface area contributed by atoms with E-state index in [0.717, 1.165) is 6.07 Å². The highest BCUT2D eigenvalue weighted by Gasteiger charge is 2.19. The molecule has 0 aliphatic heterocycles. The molecule has 0 atom stereocenters. The van der Waals surface area contributed by atoms with Crippen molar-refractivity contribution in [2.75, 3.05) is 0 Å². The highest BCUT2D eigenvalue weighted by molar-refractivity contribution is 9.10. The molecule has 0 saturated heterocycles. The Hall–Kier alpha value is -1.57. The summed E-state index contributed by atoms with van der Waals surface area (Å²) in [5, 5.41) is 3.62. The summed E-state index contributed by atoms with van der Waals surface area (Å²) in [5.74, 6) is -0.914. The van der Waals surface area contributed by atoms with E-state index in [2.05, 4.69) is 21.0 Å². The van der Waals surface area contributed by atoms with Crippen molar-refractivity contribution in [3.05, 3.63) is 44.8 Å². The van der Waals surface area contributed by atoms with Gasteiger partial charge in [-0.2, -0.15) is 13.5 Å². The molecule has 0 spiro atoms. The van der Waals surface area contributed by atoms with Gasteiger partial charge in [-0.3, -0.25) is 0 Å². The highest BCUT2D eigenvalue weighted by atomic mass is 79.9. The van der Waals surface area contributed by atoms with Gasteiger partial charge in [-0.25, -0.2) is 13.8 Å². The predicted octanol–water partition coefficient (Wildman–Crippen LogP) is 2.64. The Labute approximate surface area is 108 Å². The molecule has 4 nitrogen and oxygen atoms in total. The van der Waals surface area contributed by atoms with Gasteiger partial charge >= 0.3 is 12.2 Å². The van der Waals surface area contributed by atoms with Crippen LogP contribution in [0.4, 0.5) is 13.2 Å². The smallest absolute Gasteiger partial charge is 0.245 e. The minimum atomic E-state index is -3.01. The largest absolute Gasteiger partial charge is 0.355 e. The van der Waals surface area contributed by atoms with Gasteiger partial charge in [0.2, 0.25) is 0 Å². The molecule has 0 fully saturated rings. The van der Waals surface area contributed by atoms with Crippen LogP contribution < -0.4 is 5.69 Å². The Balaban J connectivity index is 2.66. The molecule has 2 rings (SSSR count). The van der Waals surface area contributed by atoms with E-state index in [-0.39, 0.29) is 16.1 Å². The van der Waals surface area contributed by atoms with Crippen LogP contribution in [0.3, 0.4) is 0 Å². The molecule has 1 aromatic carbocycles. The zero-order valence-corrected chi connectivity index (χ0v) is 10.7. The SMILES string of the molecule is Cc1nn(-c2ccc(Br)cc2F)c(=O)n1C(F)F. The topological polar surface area (TPSA) is 39.8 Å². The second kappa shape index (κ2) is 4.60. The fraction of sp³-hybridized carbons (Fsp3) is 0.200. The lowest BCUT2D eigenvalue weighted by atomic mass is 10.3. The van der Waals surface area contributed by atoms with Crippen molar-refractivity contribution in [1.82, 2.24) is 14.3 Å². The van der Waals surface area contributed by atoms with E-state index in [9.17, 15) is 18.0 Å². The van der Waals surface area contributed by atoms with Crippen LogP contribution in [0.15, 0.2) is 27.5 Å². The zero-order chi connectivity index (χ0) is 13.4. The van der Waals surface area contributed by atoms with Crippen LogP contribution >= 0.6 is 15.9 Å². The van der Waals surface area contributed by atoms with Crippen LogP contribution in [0.2, 0.25) is 0 Å². The summed E-state index contributed by atoms with van der Waals surface area (Å²) in [6.07, 6.45) is 0. The Morgan fingerprint density at radius 3 is 2.56 bits per heavy atom. The van der Waals surface area contributed by atoms with Crippen molar-refractivity contribution in [3.8, 4) is 5.69 Å². The van der Waals surface area contributed by atoms with Gasteiger partial charge < -0.3 is 0 Å². The summed E-state index contributed by atoms with van der Waals surface area (Å²) in [7, 11) is 0. The van der Waals surface area contributed by atoms with Crippen molar-refractivity contribution < 1.29 is 13.2 Å². The lowest BCUT2D eigenvalue weighted by Gasteiger charge is -2.01. The lowest BCUT2D eigenvalue weighted by Crippen LogP contribution is -2.25. The molecule has 0 amide bonds. The maximum atomic E-state index is 13.6. The summed E-state index contributed by atoms with van der Waals surface area (Å²) in [5.41, 5.74) is -1.26. The Morgan fingerprint density at radius 2 is 2.06 bits per heavy atom. The molecule has 96 valence electrons. The van der Waals surface area contributed by atoms with Gasteiger partial charge in [-0.1, -0.05) is 15.9 Å². The molecule has 18 heavy (non-hydrogen) atoms. The fourth-order valence-corrected chi connectivity index (χ4v) is 1.84. The molecule has 0 N–H and O–H groups in total. The van der Waals surface area contributed by atoms with Crippen LogP contribution in [0.5, 0.6) is 0 Å². The summed E-state index contributed by atoms with van der Waals surface area (Å²) in [4.78, 5) is 11.7. The van der Waals surface area contributed by atoms with E-state index < -0.39 is 18.1 Å². The number of hydrogen-bond donors (Lipinski definition) is 0. The van der Waals surface area contributed by atoms with Crippen molar-refractivity contribution in [1.29, 1.82) is 0 Å². The number of aryl methyl sites for hydroxylation is 1. The highest BCUT2D eigenvalue weighted by Crippen LogP contribution is 2.18. The number of aromatic nitrogens is 3. The van der Waals surface area contributed by atoms with Crippen molar-refractivity contribution in [3.63, 3.8) is 0 Å². The van der Waals surface area contributed by atoms with Crippen LogP contribution in [-0.2, 0) is 0 Å². The number of halogens is 4. The fourth-order valence-electron chi connectivity index (χ4n) is 1.51. The first kappa shape index (κ1) is 12.9. The monoisotopic (exact) mass is 321 g/mol. The molecular formula is C10H7BrF3N3O. The standard InChI is InChI=1S/C10H7BrF3N3O/c1-5-15-17(10(18)16(5)9(13)14)8-3-2-6(11)4-7(8)12/h2-4,9H,1H3. The first-order valence-electron chi connectivity index (χ1n) is 4.83. The molecule has 0 saturated carbocycles. The third-order valence-corrected chi connectivity index (χ3v) is 2.81. The van der Waals surface area contributed by atoms with E-state index in [4.69, 9.17) is 0 Å². The predicted molar refractivity (Wildman–Crippen MR) is 61.5 cm³/mol. The van der Waals surface area contributed by atoms with E-state index >= 15 is 0 Å². The second-order valence-electron chi connectivity index (χ2n) is 3.48. The Kier molecular flexibility index (Phi) is 3.29. The molecule has 2 aromatic rings. The van der Waals surface area contributed by atoms with Crippen LogP contribution in [0.25, 0.3) is 5.69 Å². The number of alkyl halides is 2. The molecule has 0 aliphatic rings. The van der Waals surface area contributed by atoms with Gasteiger partial charge in [0.1, 0.15) is 17.3 Å². The number of nitrogens with zero attached hydrogens (tertiary/aromatic N) is 3. The number of hydrogen-bond acceptors (Lipinski definition) is 2. The summed E-state index contributed by atoms with van der Waals surface area (Å²) in [6, 6.07) is 3.89. The second-order valence-corrected chi connectivity index (χ2v) is 4.40. The molecule has 0 unspecified atom stereocenters. The average Bonchev–Trinajstić information content (AvgIpc) is 2.54. The van der Waals surface area contributed by atoms with E-state index in [1.165, 1.54) is 19.1 Å². The van der Waals surface area contributed by atoms with Gasteiger partial charge in [0.05, 0.1) is 0 Å². The number of rotatable bonds is 2. The minimum Gasteiger partial charge on any atom is -0.245 e. The third kappa shape index (κ3) is 2.07. The quantitative estimate of drug-likeness (QED) is 0.853. The van der Waals surface area contributed by atoms with E-state index in [1.54, 1.807) is 0 Å². The molecule has 0 radical (unpaired) electrons. The number of benzene rings is 1. The molecule has 1 heterocycles. The van der Waals surface area contributed by atoms with Gasteiger partial charge in [0.15, 0.2) is 0 Å². The molecule has 1 aromatic heterocycles. The first-order chi connectivity index (χ1) is 8.41. The van der Waals surface area contributed by atoms with Gasteiger partial charge in [-0.05, 0) is 25.1 Å². The van der Waals surface area contributed by atoms with Crippen LogP contribution in [-0.4, -0.2) is 14.3 Å². The normalized spacial score (nSPS) is 11.2. The summed E-state index contributed by atoms with van der Waals surface area (Å²) >= 11 is 3.06. The zero-order valence-electron chi connectivity index (χ0n) is 9.07. The van der Waals surface area contributed by atoms with E-state index in [1.807, 2.05) is 0 Å². The third-order valence-electron chi connectivity index (χ3n) is 2.31. The Bertz CT molecular complexity index is 650. The van der Waals surface area contributed by atoms with Gasteiger partial charge in [0, 0.05) is 4.47 Å². The van der Waals surface area contributed by atoms with Gasteiger partial charge in [0.25, 0.3) is 0 Å². The Morgan fingerprint density at radius 1 is 1.39 bits per heavy atom. The molecule has 8 heteroatoms. The van der Waals surface area contributed by atoms with Crippen molar-refractivity contribution >= 4 is 15.9 Å². The van der Waals surface area contributed by atoms with Crippen LogP contribution in [0.1, 0.15) is 12.4 Å². The van der Waals surface area contributed by atoms with Crippen molar-refractivity contribution in [2.24, 2.45) is 0 Å². The average molecular weight is 322 g/mol. The molecule has 0 bridgehead atoms. The van der Waals surface area contributed by atoms with Gasteiger partial charge in [-0.15, -0.1) is 5.10 Å². The summed E-state index contributed by atoms with van der Waals surface area (Å²) in [6.45, 7) is -1.76. The summed E-state index contributed by atoms with van der Waals surface area (Å²) < 4.78 is 40.1. The lowest BCUT2D eigenvalue weighted by molar-refractivity contribution is 0.0640. The first-order valence-corrected chi connectivity index (χ1v) is 5.63. The minimum absolute atomic E-state index is 0.175. The molecule has 0 aliphatic carbocycles. The van der Waals surface area contributed by atoms with Crippen molar-refractivity contribution in [2.45, 2.75) is 13.5 Å². The maximum absolute atomic E-state index is 13.6. The molecular weight excluding hydrogens is 315 g/mol. The van der Waals surface area contributed by atoms with E-state index in [0.29, 0.717) is 9.15 Å². The van der Waals surface area contributed by atoms with Crippen LogP contribution in [0, 0.1) is 12.7 Å².